The standard InChI is InChI=1S/C10H16ClNOS/c1-3-8(6-13)12-7(2)9-4-5-10(11)14-9/h4-5,7-8,12-13H,3,6H2,1-2H3. The number of thiophene rings is 1. The summed E-state index contributed by atoms with van der Waals surface area (Å²) in [6, 6.07) is 4.35. The Labute approximate surface area is 93.9 Å². The van der Waals surface area contributed by atoms with E-state index in [0.29, 0.717) is 0 Å². The molecule has 0 bridgehead atoms. The van der Waals surface area contributed by atoms with Crippen molar-refractivity contribution < 1.29 is 5.11 Å². The third kappa shape index (κ3) is 3.24. The van der Waals surface area contributed by atoms with Crippen molar-refractivity contribution in [1.82, 2.24) is 5.32 Å². The van der Waals surface area contributed by atoms with E-state index in [4.69, 9.17) is 16.7 Å². The predicted molar refractivity (Wildman–Crippen MR) is 62.0 cm³/mol. The molecule has 2 nitrogen and oxygen atoms in total. The highest BCUT2D eigenvalue weighted by molar-refractivity contribution is 7.16. The lowest BCUT2D eigenvalue weighted by molar-refractivity contribution is 0.230. The number of rotatable bonds is 5. The van der Waals surface area contributed by atoms with Crippen molar-refractivity contribution in [1.29, 1.82) is 0 Å². The quantitative estimate of drug-likeness (QED) is 0.820. The van der Waals surface area contributed by atoms with Crippen molar-refractivity contribution in [3.8, 4) is 0 Å². The zero-order chi connectivity index (χ0) is 10.6. The monoisotopic (exact) mass is 233 g/mol. The van der Waals surface area contributed by atoms with E-state index in [1.54, 1.807) is 11.3 Å². The fourth-order valence-corrected chi connectivity index (χ4v) is 2.37. The molecule has 0 saturated carbocycles. The van der Waals surface area contributed by atoms with Crippen LogP contribution in [0.25, 0.3) is 0 Å². The maximum atomic E-state index is 9.04. The number of hydrogen-bond acceptors (Lipinski definition) is 3. The first-order valence-electron chi connectivity index (χ1n) is 4.79. The molecule has 0 saturated heterocycles. The average Bonchev–Trinajstić information content (AvgIpc) is 2.61. The smallest absolute Gasteiger partial charge is 0.0931 e. The van der Waals surface area contributed by atoms with Gasteiger partial charge in [-0.1, -0.05) is 18.5 Å². The Morgan fingerprint density at radius 1 is 1.57 bits per heavy atom. The lowest BCUT2D eigenvalue weighted by atomic mass is 10.2. The van der Waals surface area contributed by atoms with Gasteiger partial charge in [-0.15, -0.1) is 11.3 Å². The summed E-state index contributed by atoms with van der Waals surface area (Å²) >= 11 is 7.43. The van der Waals surface area contributed by atoms with Crippen LogP contribution in [0.3, 0.4) is 0 Å². The van der Waals surface area contributed by atoms with Gasteiger partial charge in [0.25, 0.3) is 0 Å². The molecule has 0 aliphatic carbocycles. The molecule has 2 atom stereocenters. The fourth-order valence-electron chi connectivity index (χ4n) is 1.30. The minimum absolute atomic E-state index is 0.172. The summed E-state index contributed by atoms with van der Waals surface area (Å²) in [4.78, 5) is 1.21. The van der Waals surface area contributed by atoms with Crippen LogP contribution in [-0.2, 0) is 0 Å². The van der Waals surface area contributed by atoms with Gasteiger partial charge < -0.3 is 10.4 Å². The van der Waals surface area contributed by atoms with Crippen LogP contribution in [0.5, 0.6) is 0 Å². The number of nitrogens with one attached hydrogen (secondary N) is 1. The first-order chi connectivity index (χ1) is 6.67. The molecule has 2 N–H and O–H groups in total. The van der Waals surface area contributed by atoms with Crippen LogP contribution in [0, 0.1) is 0 Å². The van der Waals surface area contributed by atoms with Crippen molar-refractivity contribution in [3.05, 3.63) is 21.3 Å². The Hall–Kier alpha value is -0.0900. The van der Waals surface area contributed by atoms with E-state index in [2.05, 4.69) is 19.2 Å². The van der Waals surface area contributed by atoms with E-state index in [0.717, 1.165) is 10.8 Å². The average molecular weight is 234 g/mol. The van der Waals surface area contributed by atoms with Gasteiger partial charge in [0.05, 0.1) is 10.9 Å². The topological polar surface area (TPSA) is 32.3 Å². The molecule has 0 amide bonds. The summed E-state index contributed by atoms with van der Waals surface area (Å²) in [5.41, 5.74) is 0. The zero-order valence-corrected chi connectivity index (χ0v) is 10.0. The maximum absolute atomic E-state index is 9.04. The van der Waals surface area contributed by atoms with Gasteiger partial charge in [0, 0.05) is 17.0 Å². The van der Waals surface area contributed by atoms with Gasteiger partial charge in [-0.2, -0.15) is 0 Å². The predicted octanol–water partition coefficient (Wildman–Crippen LogP) is 2.82. The molecular formula is C10H16ClNOS. The molecule has 1 heterocycles. The molecule has 2 unspecified atom stereocenters. The molecule has 80 valence electrons. The first-order valence-corrected chi connectivity index (χ1v) is 5.99. The lowest BCUT2D eigenvalue weighted by Gasteiger charge is -2.19. The van der Waals surface area contributed by atoms with E-state index < -0.39 is 0 Å². The first kappa shape index (κ1) is 12.0. The highest BCUT2D eigenvalue weighted by Gasteiger charge is 2.12. The van der Waals surface area contributed by atoms with Crippen LogP contribution in [0.15, 0.2) is 12.1 Å². The van der Waals surface area contributed by atoms with Gasteiger partial charge in [-0.3, -0.25) is 0 Å². The van der Waals surface area contributed by atoms with Crippen LogP contribution >= 0.6 is 22.9 Å². The van der Waals surface area contributed by atoms with Crippen LogP contribution in [0.4, 0.5) is 0 Å². The SMILES string of the molecule is CCC(CO)NC(C)c1ccc(Cl)s1. The van der Waals surface area contributed by atoms with Gasteiger partial charge >= 0.3 is 0 Å². The van der Waals surface area contributed by atoms with Crippen LogP contribution in [0.1, 0.15) is 31.2 Å². The van der Waals surface area contributed by atoms with Gasteiger partial charge in [0.2, 0.25) is 0 Å². The van der Waals surface area contributed by atoms with E-state index in [-0.39, 0.29) is 18.7 Å². The Balaban J connectivity index is 2.53. The summed E-state index contributed by atoms with van der Waals surface area (Å²) < 4.78 is 0.811. The highest BCUT2D eigenvalue weighted by Crippen LogP contribution is 2.26. The summed E-state index contributed by atoms with van der Waals surface area (Å²) in [6.07, 6.45) is 0.931. The van der Waals surface area contributed by atoms with Crippen LogP contribution in [-0.4, -0.2) is 17.8 Å². The second-order valence-electron chi connectivity index (χ2n) is 3.32. The summed E-state index contributed by atoms with van der Waals surface area (Å²) in [5.74, 6) is 0. The van der Waals surface area contributed by atoms with Gasteiger partial charge in [-0.25, -0.2) is 0 Å². The molecule has 0 aromatic carbocycles. The molecular weight excluding hydrogens is 218 g/mol. The van der Waals surface area contributed by atoms with Gasteiger partial charge in [0.15, 0.2) is 0 Å². The highest BCUT2D eigenvalue weighted by atomic mass is 35.5. The molecule has 0 aliphatic heterocycles. The van der Waals surface area contributed by atoms with Gasteiger partial charge in [0.1, 0.15) is 0 Å². The Morgan fingerprint density at radius 2 is 2.29 bits per heavy atom. The molecule has 1 aromatic rings. The van der Waals surface area contributed by atoms with E-state index >= 15 is 0 Å². The Morgan fingerprint density at radius 3 is 2.71 bits per heavy atom. The molecule has 0 aliphatic rings. The Kier molecular flexibility index (Phi) is 4.89. The lowest BCUT2D eigenvalue weighted by Crippen LogP contribution is -2.33. The molecule has 0 fully saturated rings. The van der Waals surface area contributed by atoms with E-state index in [9.17, 15) is 0 Å². The third-order valence-corrected chi connectivity index (χ3v) is 3.63. The van der Waals surface area contributed by atoms with Gasteiger partial charge in [-0.05, 0) is 25.5 Å². The second-order valence-corrected chi connectivity index (χ2v) is 5.06. The Bertz CT molecular complexity index is 273. The van der Waals surface area contributed by atoms with Crippen molar-refractivity contribution in [2.75, 3.05) is 6.61 Å². The minimum atomic E-state index is 0.172. The summed E-state index contributed by atoms with van der Waals surface area (Å²) in [7, 11) is 0. The largest absolute Gasteiger partial charge is 0.395 e. The minimum Gasteiger partial charge on any atom is -0.395 e. The fraction of sp³-hybridized carbons (Fsp3) is 0.600. The number of halogens is 1. The molecule has 14 heavy (non-hydrogen) atoms. The maximum Gasteiger partial charge on any atom is 0.0931 e. The molecule has 0 radical (unpaired) electrons. The van der Waals surface area contributed by atoms with Crippen molar-refractivity contribution in [2.24, 2.45) is 0 Å². The number of aliphatic hydroxyl groups is 1. The molecule has 1 aromatic heterocycles. The van der Waals surface area contributed by atoms with E-state index in [1.165, 1.54) is 4.88 Å². The van der Waals surface area contributed by atoms with Crippen molar-refractivity contribution in [3.63, 3.8) is 0 Å². The number of hydrogen-bond donors (Lipinski definition) is 2. The summed E-state index contributed by atoms with van der Waals surface area (Å²) in [6.45, 7) is 4.32. The second kappa shape index (κ2) is 5.71. The third-order valence-electron chi connectivity index (χ3n) is 2.22. The van der Waals surface area contributed by atoms with Crippen LogP contribution in [0.2, 0.25) is 4.34 Å². The molecule has 0 spiro atoms. The normalized spacial score (nSPS) is 15.4. The molecule has 4 heteroatoms. The number of aliphatic hydroxyl groups excluding tert-OH is 1. The van der Waals surface area contributed by atoms with Crippen LogP contribution < -0.4 is 5.32 Å². The molecule has 1 rings (SSSR count). The summed E-state index contributed by atoms with van der Waals surface area (Å²) in [5, 5.41) is 12.4. The van der Waals surface area contributed by atoms with Crippen molar-refractivity contribution in [2.45, 2.75) is 32.4 Å². The van der Waals surface area contributed by atoms with Crippen molar-refractivity contribution >= 4 is 22.9 Å². The van der Waals surface area contributed by atoms with E-state index in [1.807, 2.05) is 12.1 Å². The zero-order valence-electron chi connectivity index (χ0n) is 8.46.